The Morgan fingerprint density at radius 3 is 2.35 bits per heavy atom. The predicted octanol–water partition coefficient (Wildman–Crippen LogP) is 3.06. The van der Waals surface area contributed by atoms with Crippen LogP contribution in [0.3, 0.4) is 0 Å². The molecule has 1 fully saturated rings. The van der Waals surface area contributed by atoms with Crippen LogP contribution in [-0.4, -0.2) is 51.5 Å². The molecule has 0 aromatic heterocycles. The van der Waals surface area contributed by atoms with E-state index >= 15 is 0 Å². The van der Waals surface area contributed by atoms with E-state index < -0.39 is 16.0 Å². The number of sulfonamides is 1. The number of ether oxygens (including phenoxy) is 2. The van der Waals surface area contributed by atoms with Gasteiger partial charge in [-0.2, -0.15) is 0 Å². The molecule has 31 heavy (non-hydrogen) atoms. The molecule has 1 aliphatic rings. The molecule has 0 spiro atoms. The van der Waals surface area contributed by atoms with Crippen molar-refractivity contribution < 1.29 is 27.5 Å². The van der Waals surface area contributed by atoms with E-state index in [9.17, 15) is 18.0 Å². The van der Waals surface area contributed by atoms with Crippen molar-refractivity contribution in [2.24, 2.45) is 0 Å². The first-order valence-corrected chi connectivity index (χ1v) is 11.7. The average molecular weight is 447 g/mol. The Kier molecular flexibility index (Phi) is 7.51. The van der Waals surface area contributed by atoms with Crippen LogP contribution in [-0.2, 0) is 19.6 Å². The number of carbonyl (C=O) groups is 2. The van der Waals surface area contributed by atoms with Gasteiger partial charge in [-0.3, -0.25) is 9.52 Å². The molecule has 8 nitrogen and oxygen atoms in total. The molecule has 9 heteroatoms. The van der Waals surface area contributed by atoms with E-state index in [2.05, 4.69) is 4.72 Å². The van der Waals surface area contributed by atoms with Gasteiger partial charge in [0.1, 0.15) is 5.75 Å². The highest BCUT2D eigenvalue weighted by Crippen LogP contribution is 2.22. The molecule has 0 atom stereocenters. The summed E-state index contributed by atoms with van der Waals surface area (Å²) in [5.74, 6) is -0.459. The van der Waals surface area contributed by atoms with Crippen molar-refractivity contribution in [3.63, 3.8) is 0 Å². The second-order valence-electron chi connectivity index (χ2n) is 7.07. The van der Waals surface area contributed by atoms with Gasteiger partial charge >= 0.3 is 5.97 Å². The van der Waals surface area contributed by atoms with E-state index in [0.717, 1.165) is 19.3 Å². The van der Waals surface area contributed by atoms with Crippen molar-refractivity contribution in [1.29, 1.82) is 0 Å². The molecule has 0 saturated carbocycles. The number of carbonyl (C=O) groups excluding carboxylic acids is 2. The third-order valence-corrected chi connectivity index (χ3v) is 6.25. The second kappa shape index (κ2) is 10.3. The highest BCUT2D eigenvalue weighted by atomic mass is 32.2. The van der Waals surface area contributed by atoms with Gasteiger partial charge in [0.15, 0.2) is 6.61 Å². The molecule has 2 aromatic rings. The van der Waals surface area contributed by atoms with Gasteiger partial charge in [0.25, 0.3) is 15.9 Å². The van der Waals surface area contributed by atoms with Crippen molar-refractivity contribution >= 4 is 27.6 Å². The number of benzene rings is 2. The molecule has 1 heterocycles. The van der Waals surface area contributed by atoms with Crippen LogP contribution in [0.15, 0.2) is 53.4 Å². The number of piperidine rings is 1. The highest BCUT2D eigenvalue weighted by Gasteiger charge is 2.22. The average Bonchev–Trinajstić information content (AvgIpc) is 2.78. The van der Waals surface area contributed by atoms with Gasteiger partial charge in [0.05, 0.1) is 22.8 Å². The quantitative estimate of drug-likeness (QED) is 0.626. The number of hydrogen-bond acceptors (Lipinski definition) is 6. The third-order valence-electron chi connectivity index (χ3n) is 4.87. The largest absolute Gasteiger partial charge is 0.494 e. The Hall–Kier alpha value is -3.07. The molecule has 0 unspecified atom stereocenters. The van der Waals surface area contributed by atoms with Crippen molar-refractivity contribution in [3.05, 3.63) is 54.1 Å². The Morgan fingerprint density at radius 1 is 1.00 bits per heavy atom. The van der Waals surface area contributed by atoms with E-state index in [4.69, 9.17) is 9.47 Å². The van der Waals surface area contributed by atoms with Crippen molar-refractivity contribution in [3.8, 4) is 5.75 Å². The van der Waals surface area contributed by atoms with Gasteiger partial charge in [0, 0.05) is 13.1 Å². The van der Waals surface area contributed by atoms with E-state index in [1.807, 2.05) is 6.92 Å². The van der Waals surface area contributed by atoms with Crippen molar-refractivity contribution in [1.82, 2.24) is 4.90 Å². The minimum Gasteiger partial charge on any atom is -0.494 e. The fraction of sp³-hybridized carbons (Fsp3) is 0.364. The van der Waals surface area contributed by atoms with Crippen LogP contribution in [0.5, 0.6) is 5.75 Å². The summed E-state index contributed by atoms with van der Waals surface area (Å²) < 4.78 is 38.4. The fourth-order valence-electron chi connectivity index (χ4n) is 3.28. The maximum atomic E-state index is 12.8. The molecule has 166 valence electrons. The van der Waals surface area contributed by atoms with Crippen LogP contribution >= 0.6 is 0 Å². The van der Waals surface area contributed by atoms with E-state index in [1.54, 1.807) is 29.2 Å². The molecule has 0 bridgehead atoms. The van der Waals surface area contributed by atoms with Crippen LogP contribution in [0.25, 0.3) is 0 Å². The first-order chi connectivity index (χ1) is 14.9. The SMILES string of the molecule is CCOc1ccc(S(=O)(=O)Nc2ccccc2C(=O)OCC(=O)N2CCCCC2)cc1. The van der Waals surface area contributed by atoms with Gasteiger partial charge in [0.2, 0.25) is 0 Å². The Labute approximate surface area is 182 Å². The normalized spacial score (nSPS) is 14.0. The zero-order valence-electron chi connectivity index (χ0n) is 17.4. The molecule has 1 aliphatic heterocycles. The molecule has 0 aliphatic carbocycles. The monoisotopic (exact) mass is 446 g/mol. The number of hydrogen-bond donors (Lipinski definition) is 1. The second-order valence-corrected chi connectivity index (χ2v) is 8.76. The summed E-state index contributed by atoms with van der Waals surface area (Å²) in [5.41, 5.74) is 0.107. The number of nitrogens with one attached hydrogen (secondary N) is 1. The summed E-state index contributed by atoms with van der Waals surface area (Å²) in [6.07, 6.45) is 2.97. The van der Waals surface area contributed by atoms with E-state index in [1.165, 1.54) is 24.3 Å². The van der Waals surface area contributed by atoms with Crippen LogP contribution in [0.2, 0.25) is 0 Å². The summed E-state index contributed by atoms with van der Waals surface area (Å²) in [5, 5.41) is 0. The first kappa shape index (κ1) is 22.6. The smallest absolute Gasteiger partial charge is 0.340 e. The lowest BCUT2D eigenvalue weighted by atomic mass is 10.1. The topological polar surface area (TPSA) is 102 Å². The molecule has 3 rings (SSSR count). The van der Waals surface area contributed by atoms with Crippen LogP contribution in [0.1, 0.15) is 36.5 Å². The summed E-state index contributed by atoms with van der Waals surface area (Å²) in [4.78, 5) is 26.5. The van der Waals surface area contributed by atoms with Gasteiger partial charge in [-0.25, -0.2) is 13.2 Å². The number of para-hydroxylation sites is 1. The zero-order chi connectivity index (χ0) is 22.3. The number of nitrogens with zero attached hydrogens (tertiary/aromatic N) is 1. The minimum atomic E-state index is -3.94. The number of rotatable bonds is 8. The maximum absolute atomic E-state index is 12.8. The van der Waals surface area contributed by atoms with Crippen LogP contribution in [0.4, 0.5) is 5.69 Å². The molecule has 1 N–H and O–H groups in total. The standard InChI is InChI=1S/C22H26N2O6S/c1-2-29-17-10-12-18(13-11-17)31(27,28)23-20-9-5-4-8-19(20)22(26)30-16-21(25)24-14-6-3-7-15-24/h4-5,8-13,23H,2-3,6-7,14-16H2,1H3. The zero-order valence-corrected chi connectivity index (χ0v) is 18.2. The maximum Gasteiger partial charge on any atom is 0.340 e. The van der Waals surface area contributed by atoms with E-state index in [0.29, 0.717) is 25.4 Å². The Balaban J connectivity index is 1.69. The summed E-state index contributed by atoms with van der Waals surface area (Å²) in [6.45, 7) is 3.25. The number of amides is 1. The molecule has 1 amide bonds. The molecule has 0 radical (unpaired) electrons. The summed E-state index contributed by atoms with van der Waals surface area (Å²) >= 11 is 0. The number of esters is 1. The third kappa shape index (κ3) is 5.97. The van der Waals surface area contributed by atoms with Crippen LogP contribution < -0.4 is 9.46 Å². The lowest BCUT2D eigenvalue weighted by molar-refractivity contribution is -0.135. The summed E-state index contributed by atoms with van der Waals surface area (Å²) in [7, 11) is -3.94. The van der Waals surface area contributed by atoms with Gasteiger partial charge in [-0.05, 0) is 62.6 Å². The number of anilines is 1. The molecular formula is C22H26N2O6S. The lowest BCUT2D eigenvalue weighted by Gasteiger charge is -2.26. The highest BCUT2D eigenvalue weighted by molar-refractivity contribution is 7.92. The number of likely N-dealkylation sites (tertiary alicyclic amines) is 1. The first-order valence-electron chi connectivity index (χ1n) is 10.2. The molecule has 2 aromatic carbocycles. The lowest BCUT2D eigenvalue weighted by Crippen LogP contribution is -2.38. The predicted molar refractivity (Wildman–Crippen MR) is 116 cm³/mol. The molecule has 1 saturated heterocycles. The van der Waals surface area contributed by atoms with Crippen molar-refractivity contribution in [2.45, 2.75) is 31.1 Å². The fourth-order valence-corrected chi connectivity index (χ4v) is 4.35. The molecular weight excluding hydrogens is 420 g/mol. The summed E-state index contributed by atoms with van der Waals surface area (Å²) in [6, 6.07) is 12.1. The van der Waals surface area contributed by atoms with Gasteiger partial charge in [-0.1, -0.05) is 12.1 Å². The van der Waals surface area contributed by atoms with Gasteiger partial charge in [-0.15, -0.1) is 0 Å². The van der Waals surface area contributed by atoms with Gasteiger partial charge < -0.3 is 14.4 Å². The van der Waals surface area contributed by atoms with Crippen molar-refractivity contribution in [2.75, 3.05) is 31.0 Å². The Bertz CT molecular complexity index is 1010. The van der Waals surface area contributed by atoms with Crippen LogP contribution in [0, 0.1) is 0 Å². The minimum absolute atomic E-state index is 0.0272. The Morgan fingerprint density at radius 2 is 1.68 bits per heavy atom. The van der Waals surface area contributed by atoms with E-state index in [-0.39, 0.29) is 28.7 Å².